The number of esters is 1. The number of hydrogen-bond donors (Lipinski definition) is 0. The molecule has 0 bridgehead atoms. The Hall–Kier alpha value is -3.91. The number of thioether (sulfide) groups is 1. The smallest absolute Gasteiger partial charge is 0.416 e. The second-order valence-corrected chi connectivity index (χ2v) is 10.0. The molecule has 208 valence electrons. The van der Waals surface area contributed by atoms with E-state index >= 15 is 0 Å². The molecule has 0 fully saturated rings. The predicted molar refractivity (Wildman–Crippen MR) is 153 cm³/mol. The predicted octanol–water partition coefficient (Wildman–Crippen LogP) is 8.36. The number of carbonyl (C=O) groups excluding carboxylic acids is 1. The number of hydrogen-bond acceptors (Lipinski definition) is 5. The molecule has 0 aromatic heterocycles. The van der Waals surface area contributed by atoms with E-state index < -0.39 is 17.7 Å². The topological polar surface area (TPSA) is 44.8 Å². The maximum Gasteiger partial charge on any atom is 0.416 e. The van der Waals surface area contributed by atoms with Crippen LogP contribution in [-0.4, -0.2) is 31.5 Å². The average Bonchev–Trinajstić information content (AvgIpc) is 2.94. The first-order valence-electron chi connectivity index (χ1n) is 12.7. The van der Waals surface area contributed by atoms with Gasteiger partial charge < -0.3 is 14.2 Å². The zero-order valence-corrected chi connectivity index (χ0v) is 23.0. The number of ether oxygens (including phenoxy) is 3. The molecule has 0 aliphatic carbocycles. The molecule has 8 heteroatoms. The molecule has 0 aliphatic rings. The number of aryl methyl sites for hydroxylation is 1. The van der Waals surface area contributed by atoms with Crippen LogP contribution in [0, 0.1) is 6.92 Å². The van der Waals surface area contributed by atoms with E-state index in [4.69, 9.17) is 14.2 Å². The summed E-state index contributed by atoms with van der Waals surface area (Å²) in [5, 5.41) is 2.21. The number of fused-ring (bicyclic) bond motifs is 1. The second kappa shape index (κ2) is 13.4. The molecule has 0 saturated carbocycles. The van der Waals surface area contributed by atoms with Gasteiger partial charge in [0.2, 0.25) is 0 Å². The Balaban J connectivity index is 1.51. The minimum atomic E-state index is -4.40. The lowest BCUT2D eigenvalue weighted by atomic mass is 10.0. The summed E-state index contributed by atoms with van der Waals surface area (Å²) in [5.41, 5.74) is 2.16. The Bertz CT molecular complexity index is 1470. The van der Waals surface area contributed by atoms with Crippen LogP contribution in [0.2, 0.25) is 0 Å². The first-order valence-corrected chi connectivity index (χ1v) is 13.7. The molecule has 0 saturated heterocycles. The third-order valence-corrected chi connectivity index (χ3v) is 7.11. The fourth-order valence-corrected chi connectivity index (χ4v) is 4.97. The van der Waals surface area contributed by atoms with Crippen LogP contribution in [0.4, 0.5) is 13.2 Å². The van der Waals surface area contributed by atoms with Crippen molar-refractivity contribution in [3.05, 3.63) is 107 Å². The average molecular weight is 567 g/mol. The van der Waals surface area contributed by atoms with Crippen molar-refractivity contribution in [2.75, 3.05) is 25.6 Å². The van der Waals surface area contributed by atoms with Crippen molar-refractivity contribution in [2.24, 2.45) is 0 Å². The van der Waals surface area contributed by atoms with Crippen molar-refractivity contribution in [2.45, 2.75) is 24.9 Å². The van der Waals surface area contributed by atoms with E-state index in [0.717, 1.165) is 44.5 Å². The highest BCUT2D eigenvalue weighted by molar-refractivity contribution is 7.99. The summed E-state index contributed by atoms with van der Waals surface area (Å²) in [6, 6.07) is 24.6. The van der Waals surface area contributed by atoms with Crippen LogP contribution in [0.3, 0.4) is 0 Å². The van der Waals surface area contributed by atoms with Crippen LogP contribution >= 0.6 is 11.8 Å². The highest BCUT2D eigenvalue weighted by Crippen LogP contribution is 2.31. The van der Waals surface area contributed by atoms with Crippen LogP contribution in [-0.2, 0) is 15.7 Å². The molecule has 0 unspecified atom stereocenters. The maximum atomic E-state index is 12.9. The first kappa shape index (κ1) is 29.1. The molecule has 0 spiro atoms. The summed E-state index contributed by atoms with van der Waals surface area (Å²) in [5.74, 6) is 1.14. The lowest BCUT2D eigenvalue weighted by molar-refractivity contribution is -0.145. The van der Waals surface area contributed by atoms with E-state index in [1.807, 2.05) is 61.5 Å². The Kier molecular flexibility index (Phi) is 9.77. The summed E-state index contributed by atoms with van der Waals surface area (Å²) < 4.78 is 55.2. The van der Waals surface area contributed by atoms with Crippen molar-refractivity contribution in [3.63, 3.8) is 0 Å². The third kappa shape index (κ3) is 8.05. The zero-order chi connectivity index (χ0) is 28.5. The lowest BCUT2D eigenvalue weighted by Gasteiger charge is -2.13. The van der Waals surface area contributed by atoms with E-state index in [0.29, 0.717) is 23.9 Å². The minimum Gasteiger partial charge on any atom is -0.489 e. The van der Waals surface area contributed by atoms with Gasteiger partial charge in [-0.05, 0) is 83.8 Å². The monoisotopic (exact) mass is 566 g/mol. The first-order chi connectivity index (χ1) is 19.2. The molecular weight excluding hydrogens is 537 g/mol. The fourth-order valence-electron chi connectivity index (χ4n) is 4.03. The zero-order valence-electron chi connectivity index (χ0n) is 22.2. The van der Waals surface area contributed by atoms with E-state index in [1.54, 1.807) is 18.7 Å². The summed E-state index contributed by atoms with van der Waals surface area (Å²) in [7, 11) is 0. The molecule has 4 rings (SSSR count). The lowest BCUT2D eigenvalue weighted by Crippen LogP contribution is -2.14. The van der Waals surface area contributed by atoms with Gasteiger partial charge in [-0.2, -0.15) is 13.2 Å². The van der Waals surface area contributed by atoms with Gasteiger partial charge >= 0.3 is 12.1 Å². The number of rotatable bonds is 11. The van der Waals surface area contributed by atoms with Gasteiger partial charge in [-0.3, -0.25) is 0 Å². The van der Waals surface area contributed by atoms with Gasteiger partial charge in [0, 0.05) is 10.6 Å². The van der Waals surface area contributed by atoms with Crippen molar-refractivity contribution in [3.8, 4) is 11.5 Å². The summed E-state index contributed by atoms with van der Waals surface area (Å²) in [6.45, 7) is 4.01. The molecule has 4 aromatic rings. The molecule has 4 aromatic carbocycles. The SMILES string of the molecule is CCOC(=O)COc1ccc(SC/C(=C/c2cccc3ccccc23)COc2ccc(C(F)(F)F)cc2)cc1C. The van der Waals surface area contributed by atoms with Gasteiger partial charge in [0.1, 0.15) is 18.1 Å². The number of halogens is 3. The van der Waals surface area contributed by atoms with Gasteiger partial charge in [0.15, 0.2) is 6.61 Å². The summed E-state index contributed by atoms with van der Waals surface area (Å²) >= 11 is 1.61. The molecule has 4 nitrogen and oxygen atoms in total. The van der Waals surface area contributed by atoms with Gasteiger partial charge in [-0.25, -0.2) is 4.79 Å². The second-order valence-electron chi connectivity index (χ2n) is 8.99. The van der Waals surface area contributed by atoms with Crippen LogP contribution in [0.25, 0.3) is 16.8 Å². The Morgan fingerprint density at radius 1 is 0.900 bits per heavy atom. The highest BCUT2D eigenvalue weighted by atomic mass is 32.2. The molecule has 40 heavy (non-hydrogen) atoms. The Morgan fingerprint density at radius 2 is 1.65 bits per heavy atom. The van der Waals surface area contributed by atoms with Crippen LogP contribution < -0.4 is 9.47 Å². The Morgan fingerprint density at radius 3 is 2.38 bits per heavy atom. The summed E-state index contributed by atoms with van der Waals surface area (Å²) in [6.07, 6.45) is -2.32. The number of benzene rings is 4. The van der Waals surface area contributed by atoms with Crippen LogP contribution in [0.15, 0.2) is 95.4 Å². The quantitative estimate of drug-likeness (QED) is 0.135. The molecule has 0 heterocycles. The number of alkyl halides is 3. The van der Waals surface area contributed by atoms with Gasteiger partial charge in [-0.15, -0.1) is 11.8 Å². The Labute approximate surface area is 235 Å². The van der Waals surface area contributed by atoms with Gasteiger partial charge in [0.05, 0.1) is 12.2 Å². The normalized spacial score (nSPS) is 11.9. The van der Waals surface area contributed by atoms with Crippen molar-refractivity contribution in [1.82, 2.24) is 0 Å². The van der Waals surface area contributed by atoms with Crippen LogP contribution in [0.1, 0.15) is 23.6 Å². The highest BCUT2D eigenvalue weighted by Gasteiger charge is 2.30. The van der Waals surface area contributed by atoms with E-state index in [1.165, 1.54) is 12.1 Å². The van der Waals surface area contributed by atoms with E-state index in [9.17, 15) is 18.0 Å². The summed E-state index contributed by atoms with van der Waals surface area (Å²) in [4.78, 5) is 12.6. The van der Waals surface area contributed by atoms with Crippen LogP contribution in [0.5, 0.6) is 11.5 Å². The standard InChI is InChI=1S/C32H29F3O4S/c1-3-37-31(36)20-39-30-16-15-28(17-22(30)2)40-21-23(18-25-9-6-8-24-7-4-5-10-29(24)25)19-38-27-13-11-26(12-14-27)32(33,34)35/h4-18H,3,19-21H2,1-2H3/b23-18+. The largest absolute Gasteiger partial charge is 0.489 e. The molecule has 0 amide bonds. The molecule has 0 atom stereocenters. The van der Waals surface area contributed by atoms with Crippen molar-refractivity contribution in [1.29, 1.82) is 0 Å². The molecule has 0 aliphatic heterocycles. The molecule has 0 radical (unpaired) electrons. The van der Waals surface area contributed by atoms with Gasteiger partial charge in [-0.1, -0.05) is 48.5 Å². The third-order valence-electron chi connectivity index (χ3n) is 6.01. The molecular formula is C32H29F3O4S. The number of carbonyl (C=O) groups is 1. The van der Waals surface area contributed by atoms with E-state index in [-0.39, 0.29) is 13.2 Å². The van der Waals surface area contributed by atoms with E-state index in [2.05, 4.69) is 12.1 Å². The van der Waals surface area contributed by atoms with Gasteiger partial charge in [0.25, 0.3) is 0 Å². The van der Waals surface area contributed by atoms with Crippen molar-refractivity contribution < 1.29 is 32.2 Å². The maximum absolute atomic E-state index is 12.9. The fraction of sp³-hybridized carbons (Fsp3) is 0.219. The minimum absolute atomic E-state index is 0.152. The molecule has 0 N–H and O–H groups in total. The van der Waals surface area contributed by atoms with Crippen molar-refractivity contribution >= 4 is 34.6 Å².